The Morgan fingerprint density at radius 2 is 2.50 bits per heavy atom. The van der Waals surface area contributed by atoms with Crippen LogP contribution in [0.1, 0.15) is 32.6 Å². The Morgan fingerprint density at radius 1 is 1.79 bits per heavy atom. The van der Waals surface area contributed by atoms with Crippen LogP contribution in [0.3, 0.4) is 0 Å². The van der Waals surface area contributed by atoms with E-state index in [0.29, 0.717) is 12.8 Å². The molecule has 0 aromatic carbocycles. The second-order valence-corrected chi connectivity index (χ2v) is 3.71. The maximum atomic E-state index is 11.8. The van der Waals surface area contributed by atoms with E-state index in [9.17, 15) is 9.90 Å². The molecule has 0 radical (unpaired) electrons. The molecule has 1 aliphatic rings. The molecule has 2 atom stereocenters. The molecule has 1 fully saturated rings. The molecule has 1 rings (SSSR count). The predicted octanol–water partition coefficient (Wildman–Crippen LogP) is 1.69. The number of carbonyl (C=O) groups excluding carboxylic acids is 1. The van der Waals surface area contributed by atoms with Crippen LogP contribution in [0.2, 0.25) is 0 Å². The SMILES string of the molecule is C=C[C@@]1(O)CCC[C@H](CC#CC)C1=O. The number of Topliss-reactive ketones (excluding diaryl/α,β-unsaturated/α-hetero) is 1. The first kappa shape index (κ1) is 11.0. The molecule has 0 spiro atoms. The number of carbonyl (C=O) groups is 1. The molecular formula is C12H16O2. The normalized spacial score (nSPS) is 31.9. The third-order valence-corrected chi connectivity index (χ3v) is 2.77. The van der Waals surface area contributed by atoms with Crippen molar-refractivity contribution in [1.82, 2.24) is 0 Å². The van der Waals surface area contributed by atoms with Gasteiger partial charge in [-0.25, -0.2) is 0 Å². The highest BCUT2D eigenvalue weighted by atomic mass is 16.3. The summed E-state index contributed by atoms with van der Waals surface area (Å²) in [5.41, 5.74) is -1.29. The lowest BCUT2D eigenvalue weighted by molar-refractivity contribution is -0.140. The molecule has 2 heteroatoms. The van der Waals surface area contributed by atoms with Gasteiger partial charge < -0.3 is 5.11 Å². The van der Waals surface area contributed by atoms with E-state index in [1.807, 2.05) is 0 Å². The highest BCUT2D eigenvalue weighted by Gasteiger charge is 2.40. The Bertz CT molecular complexity index is 295. The molecule has 0 heterocycles. The monoisotopic (exact) mass is 192 g/mol. The first-order valence-corrected chi connectivity index (χ1v) is 4.94. The van der Waals surface area contributed by atoms with E-state index in [2.05, 4.69) is 18.4 Å². The van der Waals surface area contributed by atoms with E-state index in [1.54, 1.807) is 6.92 Å². The van der Waals surface area contributed by atoms with Crippen LogP contribution in [0.25, 0.3) is 0 Å². The fourth-order valence-corrected chi connectivity index (χ4v) is 1.85. The average Bonchev–Trinajstić information content (AvgIpc) is 2.20. The fraction of sp³-hybridized carbons (Fsp3) is 0.583. The summed E-state index contributed by atoms with van der Waals surface area (Å²) in [6, 6.07) is 0. The summed E-state index contributed by atoms with van der Waals surface area (Å²) in [4.78, 5) is 11.8. The van der Waals surface area contributed by atoms with Gasteiger partial charge in [0.05, 0.1) is 0 Å². The predicted molar refractivity (Wildman–Crippen MR) is 55.6 cm³/mol. The van der Waals surface area contributed by atoms with Crippen LogP contribution in [0.15, 0.2) is 12.7 Å². The molecule has 1 saturated carbocycles. The maximum Gasteiger partial charge on any atom is 0.172 e. The lowest BCUT2D eigenvalue weighted by atomic mass is 9.76. The van der Waals surface area contributed by atoms with Gasteiger partial charge in [0.25, 0.3) is 0 Å². The van der Waals surface area contributed by atoms with Crippen LogP contribution < -0.4 is 0 Å². The summed E-state index contributed by atoms with van der Waals surface area (Å²) in [6.07, 6.45) is 4.13. The van der Waals surface area contributed by atoms with Crippen molar-refractivity contribution in [3.63, 3.8) is 0 Å². The summed E-state index contributed by atoms with van der Waals surface area (Å²) >= 11 is 0. The first-order chi connectivity index (χ1) is 6.64. The first-order valence-electron chi connectivity index (χ1n) is 4.94. The number of hydrogen-bond donors (Lipinski definition) is 1. The van der Waals surface area contributed by atoms with Crippen molar-refractivity contribution in [3.05, 3.63) is 12.7 Å². The van der Waals surface area contributed by atoms with Crippen LogP contribution in [-0.4, -0.2) is 16.5 Å². The number of ketones is 1. The van der Waals surface area contributed by atoms with Crippen molar-refractivity contribution in [1.29, 1.82) is 0 Å². The van der Waals surface area contributed by atoms with Gasteiger partial charge in [-0.15, -0.1) is 11.8 Å². The van der Waals surface area contributed by atoms with Crippen molar-refractivity contribution in [2.75, 3.05) is 0 Å². The highest BCUT2D eigenvalue weighted by molar-refractivity contribution is 5.91. The Labute approximate surface area is 85.0 Å². The average molecular weight is 192 g/mol. The summed E-state index contributed by atoms with van der Waals surface area (Å²) in [5.74, 6) is 5.44. The van der Waals surface area contributed by atoms with Crippen LogP contribution in [0, 0.1) is 17.8 Å². The van der Waals surface area contributed by atoms with Crippen molar-refractivity contribution in [3.8, 4) is 11.8 Å². The summed E-state index contributed by atoms with van der Waals surface area (Å²) < 4.78 is 0. The minimum absolute atomic E-state index is 0.110. The van der Waals surface area contributed by atoms with Crippen molar-refractivity contribution >= 4 is 5.78 Å². The van der Waals surface area contributed by atoms with Gasteiger partial charge in [0.1, 0.15) is 5.60 Å². The van der Waals surface area contributed by atoms with E-state index >= 15 is 0 Å². The Hall–Kier alpha value is -1.07. The van der Waals surface area contributed by atoms with Gasteiger partial charge in [0.15, 0.2) is 5.78 Å². The lowest BCUT2D eigenvalue weighted by Gasteiger charge is -2.32. The molecule has 1 N–H and O–H groups in total. The van der Waals surface area contributed by atoms with Crippen LogP contribution >= 0.6 is 0 Å². The Kier molecular flexibility index (Phi) is 3.49. The van der Waals surface area contributed by atoms with Crippen LogP contribution in [0.5, 0.6) is 0 Å². The van der Waals surface area contributed by atoms with Gasteiger partial charge in [0, 0.05) is 12.3 Å². The zero-order valence-electron chi connectivity index (χ0n) is 8.55. The van der Waals surface area contributed by atoms with Crippen molar-refractivity contribution in [2.24, 2.45) is 5.92 Å². The van der Waals surface area contributed by atoms with Crippen molar-refractivity contribution in [2.45, 2.75) is 38.2 Å². The molecule has 76 valence electrons. The second-order valence-electron chi connectivity index (χ2n) is 3.71. The zero-order valence-corrected chi connectivity index (χ0v) is 8.55. The number of rotatable bonds is 2. The number of hydrogen-bond acceptors (Lipinski definition) is 2. The molecule has 1 aliphatic carbocycles. The van der Waals surface area contributed by atoms with Crippen LogP contribution in [-0.2, 0) is 4.79 Å². The van der Waals surface area contributed by atoms with Gasteiger partial charge in [0.2, 0.25) is 0 Å². The third kappa shape index (κ3) is 2.05. The van der Waals surface area contributed by atoms with Gasteiger partial charge in [-0.05, 0) is 26.2 Å². The summed E-state index contributed by atoms with van der Waals surface area (Å²) in [5, 5.41) is 9.90. The fourth-order valence-electron chi connectivity index (χ4n) is 1.85. The van der Waals surface area contributed by atoms with Crippen molar-refractivity contribution < 1.29 is 9.90 Å². The molecule has 0 unspecified atom stereocenters. The maximum absolute atomic E-state index is 11.8. The molecule has 0 aliphatic heterocycles. The molecule has 2 nitrogen and oxygen atoms in total. The molecule has 0 saturated heterocycles. The van der Waals surface area contributed by atoms with Gasteiger partial charge in [-0.3, -0.25) is 4.79 Å². The van der Waals surface area contributed by atoms with Gasteiger partial charge >= 0.3 is 0 Å². The minimum atomic E-state index is -1.29. The zero-order chi connectivity index (χ0) is 10.6. The van der Waals surface area contributed by atoms with E-state index in [0.717, 1.165) is 12.8 Å². The molecule has 0 amide bonds. The molecule has 0 bridgehead atoms. The number of aliphatic hydroxyl groups is 1. The quantitative estimate of drug-likeness (QED) is 0.534. The van der Waals surface area contributed by atoms with Crippen LogP contribution in [0.4, 0.5) is 0 Å². The van der Waals surface area contributed by atoms with Gasteiger partial charge in [-0.1, -0.05) is 12.7 Å². The largest absolute Gasteiger partial charge is 0.378 e. The lowest BCUT2D eigenvalue weighted by Crippen LogP contribution is -2.44. The third-order valence-electron chi connectivity index (χ3n) is 2.77. The Balaban J connectivity index is 2.74. The van der Waals surface area contributed by atoms with E-state index in [-0.39, 0.29) is 11.7 Å². The highest BCUT2D eigenvalue weighted by Crippen LogP contribution is 2.31. The molecule has 0 aromatic heterocycles. The van der Waals surface area contributed by atoms with E-state index in [1.165, 1.54) is 6.08 Å². The molecule has 14 heavy (non-hydrogen) atoms. The topological polar surface area (TPSA) is 37.3 Å². The summed E-state index contributed by atoms with van der Waals surface area (Å²) in [7, 11) is 0. The molecule has 0 aromatic rings. The van der Waals surface area contributed by atoms with E-state index < -0.39 is 5.60 Å². The van der Waals surface area contributed by atoms with Gasteiger partial charge in [-0.2, -0.15) is 0 Å². The molecular weight excluding hydrogens is 176 g/mol. The minimum Gasteiger partial charge on any atom is -0.378 e. The standard InChI is InChI=1S/C12H16O2/c1-3-5-7-10-8-6-9-12(14,4-2)11(10)13/h4,10,14H,2,6-9H2,1H3/t10-,12+/m0/s1. The summed E-state index contributed by atoms with van der Waals surface area (Å²) in [6.45, 7) is 5.27. The smallest absolute Gasteiger partial charge is 0.172 e. The van der Waals surface area contributed by atoms with E-state index in [4.69, 9.17) is 0 Å². The second kappa shape index (κ2) is 4.43. The Morgan fingerprint density at radius 3 is 3.07 bits per heavy atom.